The van der Waals surface area contributed by atoms with Gasteiger partial charge in [0.05, 0.1) is 12.8 Å². The molecular formula is C23H22N6OS. The minimum atomic E-state index is 0.120. The molecule has 156 valence electrons. The largest absolute Gasteiger partial charge is 0.497 e. The van der Waals surface area contributed by atoms with Gasteiger partial charge in [0.1, 0.15) is 16.5 Å². The van der Waals surface area contributed by atoms with Crippen LogP contribution in [-0.4, -0.2) is 37.1 Å². The fraction of sp³-hybridized carbons (Fsp3) is 0.217. The SMILES string of the molecule is COc1ccc(-c2cc(-c3nnc4sc(-c5ccc(C(C)(C)C)cc5)nn34)[nH]n2)cc1. The minimum Gasteiger partial charge on any atom is -0.497 e. The highest BCUT2D eigenvalue weighted by atomic mass is 32.1. The van der Waals surface area contributed by atoms with Crippen LogP contribution in [0.15, 0.2) is 54.6 Å². The van der Waals surface area contributed by atoms with Crippen molar-refractivity contribution in [3.8, 4) is 39.1 Å². The van der Waals surface area contributed by atoms with Crippen molar-refractivity contribution in [2.45, 2.75) is 26.2 Å². The lowest BCUT2D eigenvalue weighted by molar-refractivity contribution is 0.415. The van der Waals surface area contributed by atoms with Crippen LogP contribution in [0.3, 0.4) is 0 Å². The van der Waals surface area contributed by atoms with Crippen LogP contribution in [0.5, 0.6) is 5.75 Å². The number of rotatable bonds is 4. The number of hydrogen-bond acceptors (Lipinski definition) is 6. The van der Waals surface area contributed by atoms with Crippen molar-refractivity contribution in [3.63, 3.8) is 0 Å². The van der Waals surface area contributed by atoms with Crippen LogP contribution in [0.1, 0.15) is 26.3 Å². The summed E-state index contributed by atoms with van der Waals surface area (Å²) in [6, 6.07) is 18.3. The Morgan fingerprint density at radius 2 is 1.65 bits per heavy atom. The second kappa shape index (κ2) is 7.31. The maximum atomic E-state index is 5.22. The Kier molecular flexibility index (Phi) is 4.59. The van der Waals surface area contributed by atoms with Crippen LogP contribution in [0.4, 0.5) is 0 Å². The predicted octanol–water partition coefficient (Wildman–Crippen LogP) is 5.22. The van der Waals surface area contributed by atoms with Gasteiger partial charge >= 0.3 is 0 Å². The number of fused-ring (bicyclic) bond motifs is 1. The number of benzene rings is 2. The molecule has 2 aromatic carbocycles. The van der Waals surface area contributed by atoms with Gasteiger partial charge in [-0.1, -0.05) is 56.4 Å². The normalized spacial score (nSPS) is 11.9. The van der Waals surface area contributed by atoms with E-state index in [4.69, 9.17) is 9.84 Å². The molecule has 0 saturated heterocycles. The molecule has 1 N–H and O–H groups in total. The summed E-state index contributed by atoms with van der Waals surface area (Å²) in [6.45, 7) is 6.63. The van der Waals surface area contributed by atoms with Gasteiger partial charge < -0.3 is 4.74 Å². The monoisotopic (exact) mass is 430 g/mol. The molecule has 3 aromatic heterocycles. The van der Waals surface area contributed by atoms with E-state index in [1.807, 2.05) is 30.3 Å². The van der Waals surface area contributed by atoms with E-state index in [1.165, 1.54) is 16.9 Å². The summed E-state index contributed by atoms with van der Waals surface area (Å²) < 4.78 is 6.99. The summed E-state index contributed by atoms with van der Waals surface area (Å²) in [5.74, 6) is 1.44. The molecule has 0 unspecified atom stereocenters. The molecular weight excluding hydrogens is 408 g/mol. The number of ether oxygens (including phenoxy) is 1. The van der Waals surface area contributed by atoms with Crippen LogP contribution in [0.2, 0.25) is 0 Å². The van der Waals surface area contributed by atoms with E-state index in [2.05, 4.69) is 65.4 Å². The highest BCUT2D eigenvalue weighted by Gasteiger charge is 2.18. The maximum absolute atomic E-state index is 5.22. The first kappa shape index (κ1) is 19.4. The molecule has 0 fully saturated rings. The number of methoxy groups -OCH3 is 1. The van der Waals surface area contributed by atoms with E-state index in [1.54, 1.807) is 11.6 Å². The van der Waals surface area contributed by atoms with Gasteiger partial charge in [0.25, 0.3) is 0 Å². The standard InChI is InChI=1S/C23H22N6OS/c1-23(2,3)16-9-5-15(6-10-16)21-28-29-20(26-27-22(29)31-21)19-13-18(24-25-19)14-7-11-17(30-4)12-8-14/h5-13H,1-4H3,(H,24,25). The van der Waals surface area contributed by atoms with E-state index < -0.39 is 0 Å². The summed E-state index contributed by atoms with van der Waals surface area (Å²) in [4.78, 5) is 0.741. The van der Waals surface area contributed by atoms with Crippen LogP contribution in [0, 0.1) is 0 Å². The molecule has 7 nitrogen and oxygen atoms in total. The number of hydrogen-bond donors (Lipinski definition) is 1. The zero-order valence-corrected chi connectivity index (χ0v) is 18.6. The Bertz CT molecular complexity index is 1340. The van der Waals surface area contributed by atoms with Gasteiger partial charge in [-0.2, -0.15) is 14.7 Å². The molecule has 0 radical (unpaired) electrons. The highest BCUT2D eigenvalue weighted by molar-refractivity contribution is 7.19. The lowest BCUT2D eigenvalue weighted by Gasteiger charge is -2.18. The average molecular weight is 431 g/mol. The number of aromatic amines is 1. The molecule has 0 amide bonds. The Balaban J connectivity index is 1.47. The zero-order valence-electron chi connectivity index (χ0n) is 17.7. The molecule has 0 atom stereocenters. The number of aromatic nitrogens is 6. The molecule has 0 aliphatic heterocycles. The molecule has 3 heterocycles. The van der Waals surface area contributed by atoms with E-state index in [0.29, 0.717) is 5.82 Å². The third-order valence-corrected chi connectivity index (χ3v) is 6.14. The third kappa shape index (κ3) is 3.59. The molecule has 0 saturated carbocycles. The van der Waals surface area contributed by atoms with E-state index in [9.17, 15) is 0 Å². The minimum absolute atomic E-state index is 0.120. The summed E-state index contributed by atoms with van der Waals surface area (Å²) in [5.41, 5.74) is 5.05. The van der Waals surface area contributed by atoms with Crippen LogP contribution >= 0.6 is 11.3 Å². The Morgan fingerprint density at radius 3 is 2.32 bits per heavy atom. The molecule has 31 heavy (non-hydrogen) atoms. The Hall–Kier alpha value is -3.52. The first-order valence-electron chi connectivity index (χ1n) is 9.96. The van der Waals surface area contributed by atoms with Gasteiger partial charge in [0.2, 0.25) is 10.8 Å². The lowest BCUT2D eigenvalue weighted by atomic mass is 9.87. The quantitative estimate of drug-likeness (QED) is 0.423. The molecule has 8 heteroatoms. The summed E-state index contributed by atoms with van der Waals surface area (Å²) in [6.07, 6.45) is 0. The van der Waals surface area contributed by atoms with Gasteiger partial charge in [0.15, 0.2) is 0 Å². The Morgan fingerprint density at radius 1 is 0.935 bits per heavy atom. The van der Waals surface area contributed by atoms with Gasteiger partial charge in [-0.25, -0.2) is 0 Å². The highest BCUT2D eigenvalue weighted by Crippen LogP contribution is 2.31. The number of nitrogens with zero attached hydrogens (tertiary/aromatic N) is 5. The first-order chi connectivity index (χ1) is 14.9. The molecule has 0 aliphatic carbocycles. The van der Waals surface area contributed by atoms with Crippen LogP contribution in [0.25, 0.3) is 38.3 Å². The zero-order chi connectivity index (χ0) is 21.6. The number of H-pyrrole nitrogens is 1. The van der Waals surface area contributed by atoms with Gasteiger partial charge in [0, 0.05) is 11.1 Å². The smallest absolute Gasteiger partial charge is 0.235 e. The van der Waals surface area contributed by atoms with Crippen molar-refractivity contribution < 1.29 is 4.74 Å². The first-order valence-corrected chi connectivity index (χ1v) is 10.8. The van der Waals surface area contributed by atoms with Crippen LogP contribution < -0.4 is 4.74 Å². The summed E-state index contributed by atoms with van der Waals surface area (Å²) in [7, 11) is 1.65. The lowest BCUT2D eigenvalue weighted by Crippen LogP contribution is -2.10. The van der Waals surface area contributed by atoms with Gasteiger partial charge in [-0.05, 0) is 41.3 Å². The van der Waals surface area contributed by atoms with Gasteiger partial charge in [-0.3, -0.25) is 5.10 Å². The van der Waals surface area contributed by atoms with Crippen LogP contribution in [-0.2, 0) is 5.41 Å². The van der Waals surface area contributed by atoms with Crippen molar-refractivity contribution in [3.05, 3.63) is 60.2 Å². The summed E-state index contributed by atoms with van der Waals surface area (Å²) in [5, 5.41) is 21.8. The third-order valence-electron chi connectivity index (χ3n) is 5.19. The van der Waals surface area contributed by atoms with Crippen molar-refractivity contribution in [1.82, 2.24) is 30.0 Å². The molecule has 5 aromatic rings. The predicted molar refractivity (Wildman–Crippen MR) is 122 cm³/mol. The van der Waals surface area contributed by atoms with E-state index in [-0.39, 0.29) is 5.41 Å². The fourth-order valence-electron chi connectivity index (χ4n) is 3.36. The molecule has 5 rings (SSSR count). The number of nitrogens with one attached hydrogen (secondary N) is 1. The van der Waals surface area contributed by atoms with E-state index >= 15 is 0 Å². The van der Waals surface area contributed by atoms with Crippen molar-refractivity contribution in [1.29, 1.82) is 0 Å². The van der Waals surface area contributed by atoms with Crippen molar-refractivity contribution in [2.75, 3.05) is 7.11 Å². The second-order valence-electron chi connectivity index (χ2n) is 8.35. The van der Waals surface area contributed by atoms with Crippen molar-refractivity contribution in [2.24, 2.45) is 0 Å². The maximum Gasteiger partial charge on any atom is 0.235 e. The topological polar surface area (TPSA) is 81.0 Å². The average Bonchev–Trinajstić information content (AvgIpc) is 3.49. The second-order valence-corrected chi connectivity index (χ2v) is 9.30. The van der Waals surface area contributed by atoms with Gasteiger partial charge in [-0.15, -0.1) is 10.2 Å². The van der Waals surface area contributed by atoms with E-state index in [0.717, 1.165) is 38.2 Å². The Labute approximate surface area is 183 Å². The molecule has 0 aliphatic rings. The van der Waals surface area contributed by atoms with Crippen molar-refractivity contribution >= 4 is 16.3 Å². The fourth-order valence-corrected chi connectivity index (χ4v) is 4.21. The summed E-state index contributed by atoms with van der Waals surface area (Å²) >= 11 is 1.52. The molecule has 0 bridgehead atoms. The molecule has 0 spiro atoms.